The number of hydrogen-bond donors (Lipinski definition) is 1. The number of ether oxygens (including phenoxy) is 1. The van der Waals surface area contributed by atoms with Gasteiger partial charge in [-0.2, -0.15) is 9.41 Å². The molecule has 0 aliphatic heterocycles. The summed E-state index contributed by atoms with van der Waals surface area (Å²) in [4.78, 5) is 24.5. The van der Waals surface area contributed by atoms with Crippen molar-refractivity contribution in [1.29, 1.82) is 0 Å². The number of hydrogen-bond acceptors (Lipinski definition) is 6. The van der Waals surface area contributed by atoms with E-state index in [0.29, 0.717) is 28.7 Å². The van der Waals surface area contributed by atoms with Crippen LogP contribution in [0.4, 0.5) is 0 Å². The van der Waals surface area contributed by atoms with E-state index in [-0.39, 0.29) is 18.0 Å². The van der Waals surface area contributed by atoms with Gasteiger partial charge in [0.2, 0.25) is 10.0 Å². The SMILES string of the molecule is COC(=O)c1ccc(/C=N/NC(=O)CN(CCc2ccccc2)S(=O)(=O)c2c(C)cc(C)cc2C)cc1. The lowest BCUT2D eigenvalue weighted by molar-refractivity contribution is -0.121. The van der Waals surface area contributed by atoms with Crippen LogP contribution in [0.25, 0.3) is 0 Å². The summed E-state index contributed by atoms with van der Waals surface area (Å²) in [6, 6.07) is 19.6. The average molecular weight is 522 g/mol. The summed E-state index contributed by atoms with van der Waals surface area (Å²) in [6.07, 6.45) is 1.86. The minimum absolute atomic E-state index is 0.130. The number of nitrogens with one attached hydrogen (secondary N) is 1. The molecule has 0 fully saturated rings. The van der Waals surface area contributed by atoms with Gasteiger partial charge in [0, 0.05) is 6.54 Å². The zero-order valence-corrected chi connectivity index (χ0v) is 22.2. The predicted octanol–water partition coefficient (Wildman–Crippen LogP) is 3.78. The molecule has 3 rings (SSSR count). The van der Waals surface area contributed by atoms with Crippen LogP contribution in [0.1, 0.15) is 38.2 Å². The van der Waals surface area contributed by atoms with Gasteiger partial charge in [0.05, 0.1) is 30.3 Å². The number of carbonyl (C=O) groups excluding carboxylic acids is 2. The third kappa shape index (κ3) is 7.34. The molecule has 0 aliphatic carbocycles. The van der Waals surface area contributed by atoms with Crippen molar-refractivity contribution in [1.82, 2.24) is 9.73 Å². The van der Waals surface area contributed by atoms with Crippen molar-refractivity contribution in [3.05, 3.63) is 100 Å². The Morgan fingerprint density at radius 1 is 0.973 bits per heavy atom. The van der Waals surface area contributed by atoms with Gasteiger partial charge in [0.25, 0.3) is 5.91 Å². The number of hydrazone groups is 1. The Morgan fingerprint density at radius 2 is 1.59 bits per heavy atom. The molecule has 0 heterocycles. The van der Waals surface area contributed by atoms with Crippen molar-refractivity contribution >= 4 is 28.1 Å². The molecule has 3 aromatic rings. The van der Waals surface area contributed by atoms with Crippen molar-refractivity contribution in [3.8, 4) is 0 Å². The Bertz CT molecular complexity index is 1360. The number of amides is 1. The molecule has 0 aromatic heterocycles. The Balaban J connectivity index is 1.77. The van der Waals surface area contributed by atoms with E-state index in [2.05, 4.69) is 15.3 Å². The lowest BCUT2D eigenvalue weighted by atomic mass is 10.1. The van der Waals surface area contributed by atoms with Crippen LogP contribution in [0, 0.1) is 20.8 Å². The molecule has 0 aliphatic rings. The fraction of sp³-hybridized carbons (Fsp3) is 0.250. The van der Waals surface area contributed by atoms with Crippen LogP contribution in [0.3, 0.4) is 0 Å². The largest absolute Gasteiger partial charge is 0.465 e. The smallest absolute Gasteiger partial charge is 0.337 e. The van der Waals surface area contributed by atoms with E-state index < -0.39 is 21.9 Å². The maximum Gasteiger partial charge on any atom is 0.337 e. The highest BCUT2D eigenvalue weighted by molar-refractivity contribution is 7.89. The lowest BCUT2D eigenvalue weighted by Crippen LogP contribution is -2.41. The third-order valence-electron chi connectivity index (χ3n) is 5.75. The van der Waals surface area contributed by atoms with Crippen molar-refractivity contribution < 1.29 is 22.7 Å². The zero-order valence-electron chi connectivity index (χ0n) is 21.4. The number of carbonyl (C=O) groups is 2. The van der Waals surface area contributed by atoms with Crippen LogP contribution >= 0.6 is 0 Å². The third-order valence-corrected chi connectivity index (χ3v) is 7.90. The second-order valence-electron chi connectivity index (χ2n) is 8.71. The molecular formula is C28H31N3O5S. The molecular weight excluding hydrogens is 490 g/mol. The number of rotatable bonds is 10. The summed E-state index contributed by atoms with van der Waals surface area (Å²) in [5.74, 6) is -1.02. The highest BCUT2D eigenvalue weighted by atomic mass is 32.2. The molecule has 0 spiro atoms. The quantitative estimate of drug-likeness (QED) is 0.248. The maximum absolute atomic E-state index is 13.7. The minimum Gasteiger partial charge on any atom is -0.465 e. The van der Waals surface area contributed by atoms with Crippen LogP contribution < -0.4 is 5.43 Å². The maximum atomic E-state index is 13.7. The Hall–Kier alpha value is -3.82. The second kappa shape index (κ2) is 12.4. The molecule has 0 saturated heterocycles. The van der Waals surface area contributed by atoms with Crippen molar-refractivity contribution in [2.75, 3.05) is 20.2 Å². The van der Waals surface area contributed by atoms with Gasteiger partial charge in [-0.1, -0.05) is 60.2 Å². The summed E-state index contributed by atoms with van der Waals surface area (Å²) < 4.78 is 33.3. The van der Waals surface area contributed by atoms with Crippen LogP contribution in [0.2, 0.25) is 0 Å². The standard InChI is InChI=1S/C28H31N3O5S/c1-20-16-21(2)27(22(3)17-20)37(34,35)31(15-14-23-8-6-5-7-9-23)19-26(32)30-29-18-24-10-12-25(13-11-24)28(33)36-4/h5-13,16-18H,14-15,19H2,1-4H3,(H,30,32)/b29-18+. The molecule has 0 saturated carbocycles. The van der Waals surface area contributed by atoms with Gasteiger partial charge < -0.3 is 4.74 Å². The second-order valence-corrected chi connectivity index (χ2v) is 10.6. The van der Waals surface area contributed by atoms with E-state index in [9.17, 15) is 18.0 Å². The van der Waals surface area contributed by atoms with Gasteiger partial charge in [0.15, 0.2) is 0 Å². The van der Waals surface area contributed by atoms with Crippen LogP contribution in [-0.4, -0.2) is 51.0 Å². The van der Waals surface area contributed by atoms with E-state index in [4.69, 9.17) is 0 Å². The first-order valence-corrected chi connectivity index (χ1v) is 13.2. The van der Waals surface area contributed by atoms with Crippen molar-refractivity contribution in [2.24, 2.45) is 5.10 Å². The van der Waals surface area contributed by atoms with Gasteiger partial charge in [-0.15, -0.1) is 0 Å². The molecule has 9 heteroatoms. The van der Waals surface area contributed by atoms with Gasteiger partial charge in [-0.25, -0.2) is 18.6 Å². The van der Waals surface area contributed by atoms with E-state index in [1.165, 1.54) is 17.6 Å². The van der Waals surface area contributed by atoms with E-state index in [1.807, 2.05) is 49.4 Å². The van der Waals surface area contributed by atoms with Crippen LogP contribution in [0.15, 0.2) is 76.7 Å². The molecule has 0 atom stereocenters. The van der Waals surface area contributed by atoms with Gasteiger partial charge in [-0.3, -0.25) is 4.79 Å². The Labute approximate surface area is 218 Å². The molecule has 3 aromatic carbocycles. The topological polar surface area (TPSA) is 105 Å². The summed E-state index contributed by atoms with van der Waals surface area (Å²) in [5, 5.41) is 3.95. The lowest BCUT2D eigenvalue weighted by Gasteiger charge is -2.24. The summed E-state index contributed by atoms with van der Waals surface area (Å²) in [6.45, 7) is 5.18. The first kappa shape index (κ1) is 27.8. The van der Waals surface area contributed by atoms with Gasteiger partial charge in [-0.05, 0) is 61.6 Å². The molecule has 1 amide bonds. The van der Waals surface area contributed by atoms with Crippen LogP contribution in [0.5, 0.6) is 0 Å². The first-order valence-electron chi connectivity index (χ1n) is 11.7. The zero-order chi connectivity index (χ0) is 27.0. The monoisotopic (exact) mass is 521 g/mol. The van der Waals surface area contributed by atoms with Gasteiger partial charge >= 0.3 is 5.97 Å². The number of benzene rings is 3. The molecule has 194 valence electrons. The average Bonchev–Trinajstić information content (AvgIpc) is 2.86. The molecule has 0 unspecified atom stereocenters. The molecule has 0 radical (unpaired) electrons. The molecule has 1 N–H and O–H groups in total. The van der Waals surface area contributed by atoms with Gasteiger partial charge in [0.1, 0.15) is 0 Å². The Morgan fingerprint density at radius 3 is 2.19 bits per heavy atom. The first-order chi connectivity index (χ1) is 17.6. The summed E-state index contributed by atoms with van der Waals surface area (Å²) in [5.41, 5.74) is 6.65. The number of methoxy groups -OCH3 is 1. The number of nitrogens with zero attached hydrogens (tertiary/aromatic N) is 2. The minimum atomic E-state index is -3.96. The van der Waals surface area contributed by atoms with E-state index >= 15 is 0 Å². The molecule has 8 nitrogen and oxygen atoms in total. The normalized spacial score (nSPS) is 11.6. The van der Waals surface area contributed by atoms with E-state index in [0.717, 1.165) is 11.1 Å². The number of aryl methyl sites for hydroxylation is 3. The number of esters is 1. The number of sulfonamides is 1. The fourth-order valence-corrected chi connectivity index (χ4v) is 5.89. The van der Waals surface area contributed by atoms with Crippen molar-refractivity contribution in [2.45, 2.75) is 32.1 Å². The highest BCUT2D eigenvalue weighted by Gasteiger charge is 2.29. The summed E-state index contributed by atoms with van der Waals surface area (Å²) >= 11 is 0. The van der Waals surface area contributed by atoms with Crippen LogP contribution in [-0.2, 0) is 26.0 Å². The highest BCUT2D eigenvalue weighted by Crippen LogP contribution is 2.25. The van der Waals surface area contributed by atoms with Crippen molar-refractivity contribution in [3.63, 3.8) is 0 Å². The van der Waals surface area contributed by atoms with E-state index in [1.54, 1.807) is 38.1 Å². The fourth-order valence-electron chi connectivity index (χ4n) is 4.08. The molecule has 0 bridgehead atoms. The summed E-state index contributed by atoms with van der Waals surface area (Å²) in [7, 11) is -2.66. The molecule has 37 heavy (non-hydrogen) atoms. The predicted molar refractivity (Wildman–Crippen MR) is 143 cm³/mol. The Kier molecular flexibility index (Phi) is 9.32.